The van der Waals surface area contributed by atoms with E-state index in [2.05, 4.69) is 31.2 Å². The van der Waals surface area contributed by atoms with E-state index < -0.39 is 23.6 Å². The summed E-state index contributed by atoms with van der Waals surface area (Å²) in [5.74, 6) is 2.42. The van der Waals surface area contributed by atoms with Crippen LogP contribution in [0, 0.1) is 24.1 Å². The van der Waals surface area contributed by atoms with E-state index in [1.807, 2.05) is 0 Å². The van der Waals surface area contributed by atoms with Crippen LogP contribution >= 0.6 is 0 Å². The first-order chi connectivity index (χ1) is 18.7. The molecule has 1 aliphatic rings. The number of alkyl halides is 3. The summed E-state index contributed by atoms with van der Waals surface area (Å²) in [6.07, 6.45) is 7.24. The molecule has 0 spiro atoms. The Kier molecular flexibility index (Phi) is 8.69. The largest absolute Gasteiger partial charge is 0.493 e. The number of hydrogen-bond donors (Lipinski definition) is 1. The first-order valence-corrected chi connectivity index (χ1v) is 12.5. The van der Waals surface area contributed by atoms with E-state index in [-0.39, 0.29) is 12.1 Å². The van der Waals surface area contributed by atoms with Gasteiger partial charge in [0.05, 0.1) is 24.4 Å². The Bertz CT molecular complexity index is 1330. The zero-order valence-electron chi connectivity index (χ0n) is 21.3. The SMILES string of the molecule is C#CCNC(=O)c1ccc(OCCCC2CCN(c3ncc(-c4cc(C(F)(F)F)nn4C)cn3)CC2)cc1F. The minimum absolute atomic E-state index is 0.0237. The van der Waals surface area contributed by atoms with Crippen LogP contribution in [-0.4, -0.2) is 51.9 Å². The van der Waals surface area contributed by atoms with Gasteiger partial charge in [-0.05, 0) is 49.8 Å². The van der Waals surface area contributed by atoms with Gasteiger partial charge in [0, 0.05) is 44.2 Å². The lowest BCUT2D eigenvalue weighted by Gasteiger charge is -2.32. The van der Waals surface area contributed by atoms with Gasteiger partial charge in [0.2, 0.25) is 5.95 Å². The number of nitrogens with zero attached hydrogens (tertiary/aromatic N) is 5. The van der Waals surface area contributed by atoms with Crippen molar-refractivity contribution in [3.05, 3.63) is 53.7 Å². The molecule has 4 rings (SSSR count). The molecule has 0 aliphatic carbocycles. The van der Waals surface area contributed by atoms with Crippen molar-refractivity contribution < 1.29 is 27.1 Å². The quantitative estimate of drug-likeness (QED) is 0.243. The molecule has 1 amide bonds. The number of rotatable bonds is 9. The topological polar surface area (TPSA) is 85.2 Å². The number of carbonyl (C=O) groups excluding carboxylic acids is 1. The van der Waals surface area contributed by atoms with Crippen LogP contribution in [0.15, 0.2) is 36.7 Å². The Balaban J connectivity index is 1.21. The zero-order valence-corrected chi connectivity index (χ0v) is 21.3. The zero-order chi connectivity index (χ0) is 28.0. The number of nitrogens with one attached hydrogen (secondary N) is 1. The summed E-state index contributed by atoms with van der Waals surface area (Å²) in [6, 6.07) is 5.11. The fraction of sp³-hybridized carbons (Fsp3) is 0.407. The molecule has 206 valence electrons. The van der Waals surface area contributed by atoms with E-state index in [9.17, 15) is 22.4 Å². The number of terminal acetylenes is 1. The van der Waals surface area contributed by atoms with E-state index in [0.717, 1.165) is 44.8 Å². The molecule has 0 radical (unpaired) electrons. The van der Waals surface area contributed by atoms with E-state index in [1.54, 1.807) is 6.07 Å². The number of amides is 1. The summed E-state index contributed by atoms with van der Waals surface area (Å²) in [4.78, 5) is 22.7. The number of benzene rings is 1. The Morgan fingerprint density at radius 2 is 1.92 bits per heavy atom. The Labute approximate surface area is 223 Å². The van der Waals surface area contributed by atoms with E-state index >= 15 is 0 Å². The maximum absolute atomic E-state index is 14.2. The normalized spacial score (nSPS) is 14.2. The lowest BCUT2D eigenvalue weighted by atomic mass is 9.92. The first kappa shape index (κ1) is 27.9. The highest BCUT2D eigenvalue weighted by atomic mass is 19.4. The average Bonchev–Trinajstić information content (AvgIpc) is 3.32. The molecule has 2 aromatic heterocycles. The van der Waals surface area contributed by atoms with Gasteiger partial charge in [0.15, 0.2) is 5.69 Å². The molecule has 1 aliphatic heterocycles. The van der Waals surface area contributed by atoms with E-state index in [0.29, 0.717) is 35.5 Å². The minimum atomic E-state index is -4.51. The number of ether oxygens (including phenoxy) is 1. The highest BCUT2D eigenvalue weighted by molar-refractivity contribution is 5.94. The van der Waals surface area contributed by atoms with E-state index in [4.69, 9.17) is 11.2 Å². The standard InChI is InChI=1S/C27H28F4N6O2/c1-3-10-32-25(38)21-7-6-20(14-22(21)28)39-13-4-5-18-8-11-37(12-9-18)26-33-16-19(17-34-26)23-15-24(27(29,30)31)35-36(23)2/h1,6-7,14-18H,4-5,8-13H2,2H3,(H,32,38). The lowest BCUT2D eigenvalue weighted by Crippen LogP contribution is -2.34. The predicted octanol–water partition coefficient (Wildman–Crippen LogP) is 4.47. The van der Waals surface area contributed by atoms with Crippen molar-refractivity contribution >= 4 is 11.9 Å². The number of aryl methyl sites for hydroxylation is 1. The van der Waals surface area contributed by atoms with Crippen molar-refractivity contribution in [2.75, 3.05) is 31.1 Å². The molecule has 12 heteroatoms. The highest BCUT2D eigenvalue weighted by Gasteiger charge is 2.34. The van der Waals surface area contributed by atoms with Crippen LogP contribution in [0.4, 0.5) is 23.5 Å². The number of hydrogen-bond acceptors (Lipinski definition) is 6. The molecule has 3 aromatic rings. The van der Waals surface area contributed by atoms with Gasteiger partial charge in [-0.3, -0.25) is 9.48 Å². The molecule has 8 nitrogen and oxygen atoms in total. The van der Waals surface area contributed by atoms with Gasteiger partial charge >= 0.3 is 6.18 Å². The summed E-state index contributed by atoms with van der Waals surface area (Å²) >= 11 is 0. The Morgan fingerprint density at radius 1 is 1.21 bits per heavy atom. The molecule has 1 saturated heterocycles. The van der Waals surface area contributed by atoms with Crippen LogP contribution in [0.1, 0.15) is 41.7 Å². The maximum atomic E-state index is 14.2. The number of anilines is 1. The molecule has 0 atom stereocenters. The van der Waals surface area contributed by atoms with Crippen LogP contribution in [0.2, 0.25) is 0 Å². The number of aromatic nitrogens is 4. The maximum Gasteiger partial charge on any atom is 0.435 e. The molecule has 1 fully saturated rings. The van der Waals surface area contributed by atoms with Crippen molar-refractivity contribution in [2.24, 2.45) is 13.0 Å². The number of piperidine rings is 1. The van der Waals surface area contributed by atoms with Crippen LogP contribution < -0.4 is 15.0 Å². The summed E-state index contributed by atoms with van der Waals surface area (Å²) in [5.41, 5.74) is -0.293. The highest BCUT2D eigenvalue weighted by Crippen LogP contribution is 2.31. The minimum Gasteiger partial charge on any atom is -0.493 e. The molecule has 39 heavy (non-hydrogen) atoms. The van der Waals surface area contributed by atoms with Gasteiger partial charge < -0.3 is 15.0 Å². The second kappa shape index (κ2) is 12.1. The lowest BCUT2D eigenvalue weighted by molar-refractivity contribution is -0.141. The Morgan fingerprint density at radius 3 is 2.54 bits per heavy atom. The molecule has 3 heterocycles. The molecule has 0 unspecified atom stereocenters. The summed E-state index contributed by atoms with van der Waals surface area (Å²) in [6.45, 7) is 1.99. The van der Waals surface area contributed by atoms with Crippen LogP contribution in [0.25, 0.3) is 11.3 Å². The second-order valence-corrected chi connectivity index (χ2v) is 9.26. The molecule has 0 saturated carbocycles. The van der Waals surface area contributed by atoms with Crippen LogP contribution in [0.5, 0.6) is 5.75 Å². The number of carbonyl (C=O) groups is 1. The van der Waals surface area contributed by atoms with Gasteiger partial charge in [0.1, 0.15) is 11.6 Å². The van der Waals surface area contributed by atoms with Crippen molar-refractivity contribution in [1.29, 1.82) is 0 Å². The molecular weight excluding hydrogens is 516 g/mol. The summed E-state index contributed by atoms with van der Waals surface area (Å²) in [7, 11) is 1.45. The fourth-order valence-electron chi connectivity index (χ4n) is 4.47. The van der Waals surface area contributed by atoms with Crippen molar-refractivity contribution in [2.45, 2.75) is 31.9 Å². The number of halogens is 4. The molecule has 0 bridgehead atoms. The third kappa shape index (κ3) is 7.04. The van der Waals surface area contributed by atoms with Gasteiger partial charge in [-0.1, -0.05) is 5.92 Å². The fourth-order valence-corrected chi connectivity index (χ4v) is 4.47. The predicted molar refractivity (Wildman–Crippen MR) is 136 cm³/mol. The van der Waals surface area contributed by atoms with Crippen LogP contribution in [0.3, 0.4) is 0 Å². The molecule has 1 aromatic carbocycles. The third-order valence-corrected chi connectivity index (χ3v) is 6.56. The second-order valence-electron chi connectivity index (χ2n) is 9.26. The van der Waals surface area contributed by atoms with Gasteiger partial charge in [-0.15, -0.1) is 6.42 Å². The smallest absolute Gasteiger partial charge is 0.435 e. The molecular formula is C27H28F4N6O2. The average molecular weight is 545 g/mol. The third-order valence-electron chi connectivity index (χ3n) is 6.56. The summed E-state index contributed by atoms with van der Waals surface area (Å²) < 4.78 is 59.9. The van der Waals surface area contributed by atoms with Crippen molar-refractivity contribution in [1.82, 2.24) is 25.1 Å². The van der Waals surface area contributed by atoms with Crippen molar-refractivity contribution in [3.8, 4) is 29.4 Å². The Hall–Kier alpha value is -4.14. The molecule has 1 N–H and O–H groups in total. The van der Waals surface area contributed by atoms with Gasteiger partial charge in [0.25, 0.3) is 5.91 Å². The van der Waals surface area contributed by atoms with Gasteiger partial charge in [-0.2, -0.15) is 18.3 Å². The first-order valence-electron chi connectivity index (χ1n) is 12.5. The van der Waals surface area contributed by atoms with E-state index in [1.165, 1.54) is 36.3 Å². The van der Waals surface area contributed by atoms with Crippen LogP contribution in [-0.2, 0) is 13.2 Å². The summed E-state index contributed by atoms with van der Waals surface area (Å²) in [5, 5.41) is 5.95. The van der Waals surface area contributed by atoms with Gasteiger partial charge in [-0.25, -0.2) is 14.4 Å². The monoisotopic (exact) mass is 544 g/mol. The van der Waals surface area contributed by atoms with Crippen molar-refractivity contribution in [3.63, 3.8) is 0 Å².